The van der Waals surface area contributed by atoms with Crippen molar-refractivity contribution >= 4 is 28.8 Å². The zero-order valence-corrected chi connectivity index (χ0v) is 17.8. The van der Waals surface area contributed by atoms with Crippen LogP contribution in [0.1, 0.15) is 23.6 Å². The van der Waals surface area contributed by atoms with Crippen LogP contribution in [-0.4, -0.2) is 18.4 Å². The molecule has 0 spiro atoms. The second kappa shape index (κ2) is 8.48. The van der Waals surface area contributed by atoms with E-state index >= 15 is 0 Å². The third-order valence-electron chi connectivity index (χ3n) is 5.16. The number of hydrogen-bond donors (Lipinski definition) is 1. The molecule has 0 saturated heterocycles. The number of ether oxygens (including phenoxy) is 1. The van der Waals surface area contributed by atoms with Crippen molar-refractivity contribution in [2.24, 2.45) is 0 Å². The van der Waals surface area contributed by atoms with Gasteiger partial charge in [0, 0.05) is 11.8 Å². The lowest BCUT2D eigenvalue weighted by Crippen LogP contribution is -2.32. The van der Waals surface area contributed by atoms with Gasteiger partial charge in [0.25, 0.3) is 11.8 Å². The molecule has 1 aliphatic rings. The van der Waals surface area contributed by atoms with E-state index in [1.807, 2.05) is 81.4 Å². The van der Waals surface area contributed by atoms with E-state index in [1.54, 1.807) is 12.1 Å². The van der Waals surface area contributed by atoms with E-state index in [0.29, 0.717) is 29.3 Å². The van der Waals surface area contributed by atoms with Gasteiger partial charge in [-0.25, -0.2) is 4.90 Å². The highest BCUT2D eigenvalue weighted by molar-refractivity contribution is 6.46. The fourth-order valence-corrected chi connectivity index (χ4v) is 3.78. The Balaban J connectivity index is 1.83. The summed E-state index contributed by atoms with van der Waals surface area (Å²) in [5, 5.41) is 3.20. The standard InChI is InChI=1S/C26H24N2O3/c1-4-31-21-12-8-9-19(16-21)27-24-23(22-14-13-17(2)15-18(22)3)25(29)28(26(24)30)20-10-6-5-7-11-20/h5-16,27H,4H2,1-3H3. The summed E-state index contributed by atoms with van der Waals surface area (Å²) in [4.78, 5) is 28.2. The Morgan fingerprint density at radius 2 is 1.65 bits per heavy atom. The van der Waals surface area contributed by atoms with Gasteiger partial charge in [0.2, 0.25) is 0 Å². The van der Waals surface area contributed by atoms with Crippen molar-refractivity contribution in [2.45, 2.75) is 20.8 Å². The van der Waals surface area contributed by atoms with Crippen LogP contribution in [0.4, 0.5) is 11.4 Å². The molecule has 31 heavy (non-hydrogen) atoms. The van der Waals surface area contributed by atoms with Crippen LogP contribution in [0.2, 0.25) is 0 Å². The van der Waals surface area contributed by atoms with Crippen molar-refractivity contribution in [1.29, 1.82) is 0 Å². The fraction of sp³-hybridized carbons (Fsp3) is 0.154. The highest BCUT2D eigenvalue weighted by Gasteiger charge is 2.40. The van der Waals surface area contributed by atoms with E-state index in [1.165, 1.54) is 4.90 Å². The van der Waals surface area contributed by atoms with Crippen molar-refractivity contribution in [1.82, 2.24) is 0 Å². The maximum Gasteiger partial charge on any atom is 0.282 e. The van der Waals surface area contributed by atoms with E-state index < -0.39 is 0 Å². The average Bonchev–Trinajstić information content (AvgIpc) is 2.99. The van der Waals surface area contributed by atoms with Crippen LogP contribution in [0.3, 0.4) is 0 Å². The molecule has 0 unspecified atom stereocenters. The minimum absolute atomic E-state index is 0.259. The average molecular weight is 412 g/mol. The second-order valence-corrected chi connectivity index (χ2v) is 7.44. The van der Waals surface area contributed by atoms with Gasteiger partial charge in [-0.15, -0.1) is 0 Å². The predicted octanol–water partition coefficient (Wildman–Crippen LogP) is 5.10. The Hall–Kier alpha value is -3.86. The second-order valence-electron chi connectivity index (χ2n) is 7.44. The number of hydrogen-bond acceptors (Lipinski definition) is 4. The smallest absolute Gasteiger partial charge is 0.282 e. The van der Waals surface area contributed by atoms with Crippen LogP contribution < -0.4 is 15.0 Å². The number of nitrogens with zero attached hydrogens (tertiary/aromatic N) is 1. The zero-order chi connectivity index (χ0) is 22.0. The molecule has 1 aliphatic heterocycles. The fourth-order valence-electron chi connectivity index (χ4n) is 3.78. The van der Waals surface area contributed by atoms with Crippen molar-refractivity contribution < 1.29 is 14.3 Å². The van der Waals surface area contributed by atoms with Crippen LogP contribution in [0.25, 0.3) is 5.57 Å². The van der Waals surface area contributed by atoms with Gasteiger partial charge < -0.3 is 10.1 Å². The number of nitrogens with one attached hydrogen (secondary N) is 1. The lowest BCUT2D eigenvalue weighted by Gasteiger charge is -2.15. The summed E-state index contributed by atoms with van der Waals surface area (Å²) < 4.78 is 5.57. The molecule has 0 atom stereocenters. The molecule has 1 heterocycles. The van der Waals surface area contributed by atoms with Gasteiger partial charge >= 0.3 is 0 Å². The number of rotatable bonds is 6. The number of amides is 2. The predicted molar refractivity (Wildman–Crippen MR) is 123 cm³/mol. The van der Waals surface area contributed by atoms with Crippen LogP contribution >= 0.6 is 0 Å². The molecule has 0 saturated carbocycles. The molecule has 1 N–H and O–H groups in total. The highest BCUT2D eigenvalue weighted by atomic mass is 16.5. The number of aryl methyl sites for hydroxylation is 2. The normalized spacial score (nSPS) is 13.7. The maximum atomic E-state index is 13.5. The maximum absolute atomic E-state index is 13.5. The summed E-state index contributed by atoms with van der Waals surface area (Å²) in [6.45, 7) is 6.41. The topological polar surface area (TPSA) is 58.6 Å². The van der Waals surface area contributed by atoms with Crippen molar-refractivity contribution in [3.05, 3.63) is 95.2 Å². The molecule has 4 rings (SSSR count). The molecule has 2 amide bonds. The molecule has 5 heteroatoms. The molecule has 156 valence electrons. The zero-order valence-electron chi connectivity index (χ0n) is 17.8. The molecular formula is C26H24N2O3. The van der Waals surface area contributed by atoms with Crippen molar-refractivity contribution in [2.75, 3.05) is 16.8 Å². The Morgan fingerprint density at radius 3 is 2.35 bits per heavy atom. The van der Waals surface area contributed by atoms with Gasteiger partial charge in [0.05, 0.1) is 17.9 Å². The SMILES string of the molecule is CCOc1cccc(NC2=C(c3ccc(C)cc3C)C(=O)N(c3ccccc3)C2=O)c1. The van der Waals surface area contributed by atoms with Crippen molar-refractivity contribution in [3.63, 3.8) is 0 Å². The Labute approximate surface area is 182 Å². The largest absolute Gasteiger partial charge is 0.494 e. The van der Waals surface area contributed by atoms with Crippen LogP contribution in [-0.2, 0) is 9.59 Å². The Kier molecular flexibility index (Phi) is 5.58. The molecule has 0 aliphatic carbocycles. The van der Waals surface area contributed by atoms with Gasteiger partial charge in [0.1, 0.15) is 11.4 Å². The monoisotopic (exact) mass is 412 g/mol. The summed E-state index contributed by atoms with van der Waals surface area (Å²) in [6.07, 6.45) is 0. The molecule has 0 bridgehead atoms. The minimum Gasteiger partial charge on any atom is -0.494 e. The van der Waals surface area contributed by atoms with Crippen LogP contribution in [0.5, 0.6) is 5.75 Å². The molecule has 3 aromatic carbocycles. The Morgan fingerprint density at radius 1 is 0.871 bits per heavy atom. The molecular weight excluding hydrogens is 388 g/mol. The first-order valence-corrected chi connectivity index (χ1v) is 10.2. The van der Waals surface area contributed by atoms with Crippen LogP contribution in [0, 0.1) is 13.8 Å². The third kappa shape index (κ3) is 3.94. The van der Waals surface area contributed by atoms with E-state index in [-0.39, 0.29) is 17.5 Å². The molecule has 5 nitrogen and oxygen atoms in total. The van der Waals surface area contributed by atoms with Gasteiger partial charge in [-0.05, 0) is 56.2 Å². The highest BCUT2D eigenvalue weighted by Crippen LogP contribution is 2.35. The number of anilines is 2. The molecule has 0 radical (unpaired) electrons. The van der Waals surface area contributed by atoms with E-state index in [9.17, 15) is 9.59 Å². The van der Waals surface area contributed by atoms with Crippen LogP contribution in [0.15, 0.2) is 78.5 Å². The van der Waals surface area contributed by atoms with Crippen molar-refractivity contribution in [3.8, 4) is 5.75 Å². The number of carbonyl (C=O) groups excluding carboxylic acids is 2. The number of benzene rings is 3. The van der Waals surface area contributed by atoms with E-state index in [2.05, 4.69) is 5.32 Å². The number of carbonyl (C=O) groups is 2. The first-order valence-electron chi connectivity index (χ1n) is 10.2. The van der Waals surface area contributed by atoms with Gasteiger partial charge in [-0.2, -0.15) is 0 Å². The molecule has 0 fully saturated rings. The summed E-state index contributed by atoms with van der Waals surface area (Å²) >= 11 is 0. The number of imide groups is 1. The molecule has 3 aromatic rings. The summed E-state index contributed by atoms with van der Waals surface area (Å²) in [7, 11) is 0. The summed E-state index contributed by atoms with van der Waals surface area (Å²) in [5.41, 5.74) is 4.62. The van der Waals surface area contributed by atoms with E-state index in [4.69, 9.17) is 4.74 Å². The first kappa shape index (κ1) is 20.4. The lowest BCUT2D eigenvalue weighted by molar-refractivity contribution is -0.120. The first-order chi connectivity index (χ1) is 15.0. The third-order valence-corrected chi connectivity index (χ3v) is 5.16. The molecule has 0 aromatic heterocycles. The summed E-state index contributed by atoms with van der Waals surface area (Å²) in [6, 6.07) is 22.2. The van der Waals surface area contributed by atoms with Gasteiger partial charge in [-0.3, -0.25) is 9.59 Å². The minimum atomic E-state index is -0.381. The lowest BCUT2D eigenvalue weighted by atomic mass is 9.97. The Bertz CT molecular complexity index is 1180. The van der Waals surface area contributed by atoms with Gasteiger partial charge in [0.15, 0.2) is 0 Å². The van der Waals surface area contributed by atoms with E-state index in [0.717, 1.165) is 16.7 Å². The number of para-hydroxylation sites is 1. The quantitative estimate of drug-likeness (QED) is 0.573. The summed E-state index contributed by atoms with van der Waals surface area (Å²) in [5.74, 6) is -0.0301. The van der Waals surface area contributed by atoms with Gasteiger partial charge in [-0.1, -0.05) is 48.0 Å².